The van der Waals surface area contributed by atoms with Crippen LogP contribution in [0.15, 0.2) is 40.1 Å². The zero-order valence-electron chi connectivity index (χ0n) is 13.0. The smallest absolute Gasteiger partial charge is 0.326 e. The molecule has 132 valence electrons. The Labute approximate surface area is 141 Å². The van der Waals surface area contributed by atoms with Crippen LogP contribution in [0.1, 0.15) is 31.0 Å². The van der Waals surface area contributed by atoms with Crippen molar-refractivity contribution >= 4 is 12.4 Å². The predicted octanol–water partition coefficient (Wildman–Crippen LogP) is 2.48. The van der Waals surface area contributed by atoms with Crippen molar-refractivity contribution in [2.24, 2.45) is 5.73 Å². The van der Waals surface area contributed by atoms with Crippen molar-refractivity contribution in [3.05, 3.63) is 62.4 Å². The summed E-state index contributed by atoms with van der Waals surface area (Å²) in [6.07, 6.45) is -3.19. The summed E-state index contributed by atoms with van der Waals surface area (Å²) >= 11 is 0. The molecule has 0 amide bonds. The van der Waals surface area contributed by atoms with Gasteiger partial charge in [0.1, 0.15) is 0 Å². The van der Waals surface area contributed by atoms with Gasteiger partial charge in [0.15, 0.2) is 0 Å². The van der Waals surface area contributed by atoms with Crippen molar-refractivity contribution in [3.63, 3.8) is 0 Å². The van der Waals surface area contributed by atoms with Crippen molar-refractivity contribution < 1.29 is 13.2 Å². The lowest BCUT2D eigenvalue weighted by atomic mass is 10.2. The number of nitrogens with zero attached hydrogens (tertiary/aromatic N) is 2. The molecule has 9 heteroatoms. The lowest BCUT2D eigenvalue weighted by Crippen LogP contribution is -2.42. The van der Waals surface area contributed by atoms with Gasteiger partial charge in [-0.3, -0.25) is 13.9 Å². The third kappa shape index (κ3) is 3.70. The highest BCUT2D eigenvalue weighted by molar-refractivity contribution is 5.85. The highest BCUT2D eigenvalue weighted by Crippen LogP contribution is 2.29. The maximum atomic E-state index is 12.6. The summed E-state index contributed by atoms with van der Waals surface area (Å²) in [7, 11) is 0. The molecule has 0 aliphatic heterocycles. The Morgan fingerprint density at radius 1 is 1.12 bits per heavy atom. The van der Waals surface area contributed by atoms with Gasteiger partial charge < -0.3 is 5.73 Å². The van der Waals surface area contributed by atoms with Gasteiger partial charge in [0.2, 0.25) is 0 Å². The molecule has 0 saturated carbocycles. The van der Waals surface area contributed by atoms with E-state index in [0.29, 0.717) is 0 Å². The Balaban J connectivity index is 0.00000288. The first kappa shape index (κ1) is 20.0. The fourth-order valence-electron chi connectivity index (χ4n) is 2.22. The number of halogens is 4. The number of rotatable bonds is 3. The highest BCUT2D eigenvalue weighted by atomic mass is 35.5. The van der Waals surface area contributed by atoms with Crippen LogP contribution in [0, 0.1) is 0 Å². The number of hydrogen-bond acceptors (Lipinski definition) is 3. The molecular weight excluding hydrogens is 347 g/mol. The van der Waals surface area contributed by atoms with Crippen LogP contribution < -0.4 is 17.0 Å². The maximum absolute atomic E-state index is 12.6. The normalized spacial score (nSPS) is 11.5. The summed E-state index contributed by atoms with van der Waals surface area (Å²) in [5.74, 6) is 0. The van der Waals surface area contributed by atoms with E-state index in [1.54, 1.807) is 13.8 Å². The van der Waals surface area contributed by atoms with E-state index in [-0.39, 0.29) is 30.2 Å². The first-order chi connectivity index (χ1) is 10.7. The van der Waals surface area contributed by atoms with Crippen LogP contribution in [0.25, 0.3) is 5.69 Å². The van der Waals surface area contributed by atoms with Gasteiger partial charge in [-0.25, -0.2) is 4.79 Å². The summed E-state index contributed by atoms with van der Waals surface area (Å²) in [6.45, 7) is 3.26. The van der Waals surface area contributed by atoms with Gasteiger partial charge >= 0.3 is 11.9 Å². The highest BCUT2D eigenvalue weighted by Gasteiger charge is 2.30. The molecule has 0 aliphatic carbocycles. The molecule has 2 aromatic rings. The van der Waals surface area contributed by atoms with E-state index in [1.807, 2.05) is 0 Å². The molecule has 24 heavy (non-hydrogen) atoms. The molecular formula is C15H17ClF3N3O2. The minimum atomic E-state index is -4.46. The molecule has 2 rings (SSSR count). The molecule has 0 spiro atoms. The second kappa shape index (κ2) is 7.23. The van der Waals surface area contributed by atoms with E-state index in [1.165, 1.54) is 18.3 Å². The lowest BCUT2D eigenvalue weighted by molar-refractivity contribution is -0.137. The van der Waals surface area contributed by atoms with Gasteiger partial charge in [-0.15, -0.1) is 12.4 Å². The molecule has 1 heterocycles. The fraction of sp³-hybridized carbons (Fsp3) is 0.333. The maximum Gasteiger partial charge on any atom is 0.416 e. The van der Waals surface area contributed by atoms with Gasteiger partial charge in [0.25, 0.3) is 5.56 Å². The number of alkyl halides is 3. The second-order valence-electron chi connectivity index (χ2n) is 5.32. The second-order valence-corrected chi connectivity index (χ2v) is 5.32. The Morgan fingerprint density at radius 3 is 2.08 bits per heavy atom. The average Bonchev–Trinajstić information content (AvgIpc) is 2.46. The Hall–Kier alpha value is -2.06. The summed E-state index contributed by atoms with van der Waals surface area (Å²) in [4.78, 5) is 24.6. The van der Waals surface area contributed by atoms with Crippen LogP contribution in [-0.2, 0) is 12.7 Å². The molecule has 0 saturated heterocycles. The van der Waals surface area contributed by atoms with Gasteiger partial charge in [0, 0.05) is 24.3 Å². The molecule has 0 bridgehead atoms. The summed E-state index contributed by atoms with van der Waals surface area (Å²) in [6, 6.07) is 3.73. The minimum Gasteiger partial charge on any atom is -0.326 e. The Kier molecular flexibility index (Phi) is 6.02. The lowest BCUT2D eigenvalue weighted by Gasteiger charge is -2.15. The van der Waals surface area contributed by atoms with Crippen molar-refractivity contribution in [3.8, 4) is 5.69 Å². The monoisotopic (exact) mass is 363 g/mol. The largest absolute Gasteiger partial charge is 0.416 e. The van der Waals surface area contributed by atoms with E-state index < -0.39 is 29.0 Å². The van der Waals surface area contributed by atoms with Crippen LogP contribution in [0.2, 0.25) is 0 Å². The zero-order chi connectivity index (χ0) is 17.4. The first-order valence-electron chi connectivity index (χ1n) is 6.91. The van der Waals surface area contributed by atoms with Crippen molar-refractivity contribution in [1.29, 1.82) is 0 Å². The number of nitrogens with two attached hydrogens (primary N) is 1. The molecule has 0 unspecified atom stereocenters. The molecule has 1 aromatic carbocycles. The van der Waals surface area contributed by atoms with Crippen LogP contribution >= 0.6 is 12.4 Å². The fourth-order valence-corrected chi connectivity index (χ4v) is 2.22. The average molecular weight is 364 g/mol. The van der Waals surface area contributed by atoms with E-state index in [4.69, 9.17) is 5.73 Å². The molecule has 0 fully saturated rings. The van der Waals surface area contributed by atoms with E-state index in [2.05, 4.69) is 0 Å². The third-order valence-corrected chi connectivity index (χ3v) is 3.40. The van der Waals surface area contributed by atoms with Gasteiger partial charge in [-0.2, -0.15) is 13.2 Å². The molecule has 2 N–H and O–H groups in total. The van der Waals surface area contributed by atoms with Crippen molar-refractivity contribution in [2.75, 3.05) is 0 Å². The third-order valence-electron chi connectivity index (χ3n) is 3.40. The summed E-state index contributed by atoms with van der Waals surface area (Å²) in [5, 5.41) is 0. The minimum absolute atomic E-state index is 0. The molecule has 0 atom stereocenters. The van der Waals surface area contributed by atoms with E-state index >= 15 is 0 Å². The standard InChI is InChI=1S/C15H16F3N3O2.ClH/c1-9(2)21-13(22)10(7-19)8-20(14(21)23)12-5-3-11(4-6-12)15(16,17)18;/h3-6,8-9H,7,19H2,1-2H3;1H. The predicted molar refractivity (Wildman–Crippen MR) is 86.8 cm³/mol. The SMILES string of the molecule is CC(C)n1c(=O)c(CN)cn(-c2ccc(C(F)(F)F)cc2)c1=O.Cl. The quantitative estimate of drug-likeness (QED) is 0.910. The zero-order valence-corrected chi connectivity index (χ0v) is 13.8. The van der Waals surface area contributed by atoms with E-state index in [0.717, 1.165) is 21.3 Å². The van der Waals surface area contributed by atoms with Crippen LogP contribution in [0.3, 0.4) is 0 Å². The molecule has 5 nitrogen and oxygen atoms in total. The van der Waals surface area contributed by atoms with Crippen molar-refractivity contribution in [2.45, 2.75) is 32.6 Å². The number of aromatic nitrogens is 2. The van der Waals surface area contributed by atoms with Gasteiger partial charge in [0.05, 0.1) is 11.3 Å². The number of benzene rings is 1. The Bertz CT molecular complexity index is 824. The van der Waals surface area contributed by atoms with Gasteiger partial charge in [-0.05, 0) is 38.1 Å². The number of hydrogen-bond donors (Lipinski definition) is 1. The van der Waals surface area contributed by atoms with Gasteiger partial charge in [-0.1, -0.05) is 0 Å². The first-order valence-corrected chi connectivity index (χ1v) is 6.91. The molecule has 0 aliphatic rings. The molecule has 1 aromatic heterocycles. The summed E-state index contributed by atoms with van der Waals surface area (Å²) in [5.41, 5.74) is 4.03. The molecule has 0 radical (unpaired) electrons. The topological polar surface area (TPSA) is 70.0 Å². The summed E-state index contributed by atoms with van der Waals surface area (Å²) < 4.78 is 40.0. The van der Waals surface area contributed by atoms with Crippen LogP contribution in [-0.4, -0.2) is 9.13 Å². The van der Waals surface area contributed by atoms with Crippen LogP contribution in [0.4, 0.5) is 13.2 Å². The van der Waals surface area contributed by atoms with Crippen molar-refractivity contribution in [1.82, 2.24) is 9.13 Å². The Morgan fingerprint density at radius 2 is 1.67 bits per heavy atom. The van der Waals surface area contributed by atoms with E-state index in [9.17, 15) is 22.8 Å². The van der Waals surface area contributed by atoms with Crippen LogP contribution in [0.5, 0.6) is 0 Å².